The molecular formula is C20H13F3N6O3S. The normalized spacial score (nSPS) is 11.5. The zero-order chi connectivity index (χ0) is 23.6. The van der Waals surface area contributed by atoms with Gasteiger partial charge in [-0.1, -0.05) is 30.0 Å². The van der Waals surface area contributed by atoms with Crippen LogP contribution < -0.4 is 5.32 Å². The Labute approximate surface area is 187 Å². The molecular weight excluding hydrogens is 461 g/mol. The van der Waals surface area contributed by atoms with Crippen molar-refractivity contribution in [2.75, 3.05) is 11.1 Å². The summed E-state index contributed by atoms with van der Waals surface area (Å²) in [6.07, 6.45) is -4.52. The summed E-state index contributed by atoms with van der Waals surface area (Å²) in [5, 5.41) is 26.1. The Morgan fingerprint density at radius 2 is 1.88 bits per heavy atom. The highest BCUT2D eigenvalue weighted by Gasteiger charge is 2.30. The molecule has 0 spiro atoms. The van der Waals surface area contributed by atoms with Crippen LogP contribution in [0.1, 0.15) is 5.56 Å². The quantitative estimate of drug-likeness (QED) is 0.249. The summed E-state index contributed by atoms with van der Waals surface area (Å²) in [6.45, 7) is 0. The monoisotopic (exact) mass is 474 g/mol. The number of anilines is 1. The first-order valence-electron chi connectivity index (χ1n) is 9.28. The van der Waals surface area contributed by atoms with Crippen molar-refractivity contribution in [1.29, 1.82) is 0 Å². The number of halogens is 3. The van der Waals surface area contributed by atoms with E-state index in [1.807, 2.05) is 0 Å². The second kappa shape index (κ2) is 8.86. The van der Waals surface area contributed by atoms with Gasteiger partial charge in [0.25, 0.3) is 5.69 Å². The SMILES string of the molecule is O=C(CSc1nnc2ccc(-c3cccc([N+](=O)[O-])c3)nn12)Nc1cccc(C(F)(F)F)c1. The Morgan fingerprint density at radius 1 is 1.09 bits per heavy atom. The Balaban J connectivity index is 1.49. The molecule has 168 valence electrons. The van der Waals surface area contributed by atoms with Crippen LogP contribution in [0.5, 0.6) is 0 Å². The third-order valence-corrected chi connectivity index (χ3v) is 5.31. The summed E-state index contributed by atoms with van der Waals surface area (Å²) < 4.78 is 39.9. The van der Waals surface area contributed by atoms with Gasteiger partial charge in [0.1, 0.15) is 0 Å². The van der Waals surface area contributed by atoms with E-state index in [2.05, 4.69) is 20.6 Å². The van der Waals surface area contributed by atoms with E-state index in [0.29, 0.717) is 16.9 Å². The zero-order valence-corrected chi connectivity index (χ0v) is 17.3. The largest absolute Gasteiger partial charge is 0.416 e. The maximum atomic E-state index is 12.8. The van der Waals surface area contributed by atoms with Crippen molar-refractivity contribution in [3.05, 3.63) is 76.3 Å². The van der Waals surface area contributed by atoms with E-state index in [1.165, 1.54) is 28.8 Å². The van der Waals surface area contributed by atoms with Gasteiger partial charge in [0.15, 0.2) is 5.65 Å². The highest BCUT2D eigenvalue weighted by molar-refractivity contribution is 7.99. The lowest BCUT2D eigenvalue weighted by Gasteiger charge is -2.09. The van der Waals surface area contributed by atoms with E-state index < -0.39 is 22.6 Å². The molecule has 1 N–H and O–H groups in total. The van der Waals surface area contributed by atoms with E-state index in [4.69, 9.17) is 0 Å². The molecule has 0 saturated heterocycles. The minimum absolute atomic E-state index is 0.0209. The smallest absolute Gasteiger partial charge is 0.325 e. The number of nitrogens with one attached hydrogen (secondary N) is 1. The van der Waals surface area contributed by atoms with Gasteiger partial charge >= 0.3 is 6.18 Å². The standard InChI is InChI=1S/C20H13F3N6O3S/c21-20(22,23)13-4-2-5-14(10-13)24-18(30)11-33-19-26-25-17-8-7-16(27-28(17)19)12-3-1-6-15(9-12)29(31)32/h1-10H,11H2,(H,24,30). The van der Waals surface area contributed by atoms with Gasteiger partial charge in [-0.15, -0.1) is 10.2 Å². The number of nitrogens with zero attached hydrogens (tertiary/aromatic N) is 5. The number of nitro groups is 1. The van der Waals surface area contributed by atoms with E-state index in [1.54, 1.807) is 24.3 Å². The molecule has 0 aliphatic heterocycles. The van der Waals surface area contributed by atoms with Crippen molar-refractivity contribution in [1.82, 2.24) is 19.8 Å². The summed E-state index contributed by atoms with van der Waals surface area (Å²) >= 11 is 0.990. The second-order valence-corrected chi connectivity index (χ2v) is 7.64. The van der Waals surface area contributed by atoms with Crippen LogP contribution in [0.2, 0.25) is 0 Å². The molecule has 0 radical (unpaired) electrons. The van der Waals surface area contributed by atoms with Crippen molar-refractivity contribution in [2.24, 2.45) is 0 Å². The molecule has 13 heteroatoms. The number of hydrogen-bond donors (Lipinski definition) is 1. The molecule has 0 atom stereocenters. The van der Waals surface area contributed by atoms with Gasteiger partial charge in [0.05, 0.1) is 21.9 Å². The predicted molar refractivity (Wildman–Crippen MR) is 114 cm³/mol. The summed E-state index contributed by atoms with van der Waals surface area (Å²) in [4.78, 5) is 22.8. The van der Waals surface area contributed by atoms with Crippen molar-refractivity contribution < 1.29 is 22.9 Å². The molecule has 2 aromatic heterocycles. The van der Waals surface area contributed by atoms with Gasteiger partial charge in [-0.05, 0) is 30.3 Å². The number of carbonyl (C=O) groups excluding carboxylic acids is 1. The van der Waals surface area contributed by atoms with Gasteiger partial charge in [-0.25, -0.2) is 0 Å². The number of nitro benzene ring substituents is 1. The number of non-ortho nitro benzene ring substituents is 1. The number of carbonyl (C=O) groups is 1. The van der Waals surface area contributed by atoms with Crippen LogP contribution in [0.25, 0.3) is 16.9 Å². The fourth-order valence-corrected chi connectivity index (χ4v) is 3.58. The predicted octanol–water partition coefficient (Wildman–Crippen LogP) is 4.45. The van der Waals surface area contributed by atoms with Crippen molar-refractivity contribution in [2.45, 2.75) is 11.3 Å². The first-order valence-corrected chi connectivity index (χ1v) is 10.3. The van der Waals surface area contributed by atoms with Crippen LogP contribution in [0.4, 0.5) is 24.5 Å². The van der Waals surface area contributed by atoms with Crippen molar-refractivity contribution in [3.8, 4) is 11.3 Å². The van der Waals surface area contributed by atoms with Gasteiger partial charge in [0, 0.05) is 23.4 Å². The van der Waals surface area contributed by atoms with E-state index in [0.717, 1.165) is 23.9 Å². The number of thioether (sulfide) groups is 1. The molecule has 0 aliphatic carbocycles. The average molecular weight is 474 g/mol. The lowest BCUT2D eigenvalue weighted by atomic mass is 10.1. The number of rotatable bonds is 6. The molecule has 4 rings (SSSR count). The maximum absolute atomic E-state index is 12.8. The van der Waals surface area contributed by atoms with Crippen LogP contribution in [0.15, 0.2) is 65.8 Å². The highest BCUT2D eigenvalue weighted by atomic mass is 32.2. The van der Waals surface area contributed by atoms with Crippen LogP contribution in [0, 0.1) is 10.1 Å². The van der Waals surface area contributed by atoms with E-state index >= 15 is 0 Å². The molecule has 0 bridgehead atoms. The van der Waals surface area contributed by atoms with Gasteiger partial charge in [-0.3, -0.25) is 14.9 Å². The Hall–Kier alpha value is -4.00. The first kappa shape index (κ1) is 22.2. The first-order chi connectivity index (χ1) is 15.7. The Morgan fingerprint density at radius 3 is 2.64 bits per heavy atom. The van der Waals surface area contributed by atoms with Gasteiger partial charge < -0.3 is 5.32 Å². The number of hydrogen-bond acceptors (Lipinski definition) is 7. The topological polar surface area (TPSA) is 115 Å². The summed E-state index contributed by atoms with van der Waals surface area (Å²) in [6, 6.07) is 13.5. The van der Waals surface area contributed by atoms with Crippen LogP contribution in [0.3, 0.4) is 0 Å². The molecule has 0 aliphatic rings. The van der Waals surface area contributed by atoms with Gasteiger partial charge in [-0.2, -0.15) is 22.8 Å². The number of fused-ring (bicyclic) bond motifs is 1. The summed E-state index contributed by atoms with van der Waals surface area (Å²) in [7, 11) is 0. The third kappa shape index (κ3) is 5.09. The Kier molecular flexibility index (Phi) is 5.96. The molecule has 0 saturated carbocycles. The van der Waals surface area contributed by atoms with Crippen LogP contribution >= 0.6 is 11.8 Å². The molecule has 2 heterocycles. The molecule has 2 aromatic carbocycles. The molecule has 0 fully saturated rings. The maximum Gasteiger partial charge on any atom is 0.416 e. The molecule has 33 heavy (non-hydrogen) atoms. The fourth-order valence-electron chi connectivity index (χ4n) is 2.89. The molecule has 4 aromatic rings. The van der Waals surface area contributed by atoms with Crippen molar-refractivity contribution >= 4 is 34.7 Å². The Bertz CT molecular complexity index is 1360. The van der Waals surface area contributed by atoms with E-state index in [9.17, 15) is 28.1 Å². The van der Waals surface area contributed by atoms with Gasteiger partial charge in [0.2, 0.25) is 11.1 Å². The zero-order valence-electron chi connectivity index (χ0n) is 16.5. The van der Waals surface area contributed by atoms with Crippen LogP contribution in [-0.2, 0) is 11.0 Å². The number of alkyl halides is 3. The van der Waals surface area contributed by atoms with E-state index in [-0.39, 0.29) is 22.3 Å². The molecule has 9 nitrogen and oxygen atoms in total. The second-order valence-electron chi connectivity index (χ2n) is 6.69. The summed E-state index contributed by atoms with van der Waals surface area (Å²) in [5.74, 6) is -0.689. The van der Waals surface area contributed by atoms with Crippen LogP contribution in [-0.4, -0.2) is 36.4 Å². The molecule has 1 amide bonds. The minimum atomic E-state index is -4.52. The molecule has 0 unspecified atom stereocenters. The summed E-state index contributed by atoms with van der Waals surface area (Å²) in [5.41, 5.74) is 0.408. The fraction of sp³-hybridized carbons (Fsp3) is 0.100. The number of amides is 1. The number of benzene rings is 2. The average Bonchev–Trinajstić information content (AvgIpc) is 3.19. The number of aromatic nitrogens is 4. The third-order valence-electron chi connectivity index (χ3n) is 4.39. The highest BCUT2D eigenvalue weighted by Crippen LogP contribution is 2.31. The van der Waals surface area contributed by atoms with Crippen molar-refractivity contribution in [3.63, 3.8) is 0 Å². The lowest BCUT2D eigenvalue weighted by molar-refractivity contribution is -0.384. The lowest BCUT2D eigenvalue weighted by Crippen LogP contribution is -2.15. The minimum Gasteiger partial charge on any atom is -0.325 e.